The Balaban J connectivity index is 1.46. The maximum Gasteiger partial charge on any atom is 0.253 e. The van der Waals surface area contributed by atoms with Crippen LogP contribution in [0.1, 0.15) is 28.8 Å². The molecule has 6 heteroatoms. The van der Waals surface area contributed by atoms with Gasteiger partial charge in [0.1, 0.15) is 6.29 Å². The normalized spacial score (nSPS) is 13.6. The van der Waals surface area contributed by atoms with Gasteiger partial charge in [-0.05, 0) is 77.6 Å². The first-order valence-corrected chi connectivity index (χ1v) is 11.9. The van der Waals surface area contributed by atoms with E-state index in [4.69, 9.17) is 5.73 Å². The number of rotatable bonds is 7. The fraction of sp³-hybridized carbons (Fsp3) is 0.172. The number of aromatic nitrogens is 1. The monoisotopic (exact) mass is 464 g/mol. The number of hydrogen-bond acceptors (Lipinski definition) is 4. The highest BCUT2D eigenvalue weighted by atomic mass is 16.2. The second-order valence-corrected chi connectivity index (χ2v) is 8.74. The molecule has 4 aromatic rings. The van der Waals surface area contributed by atoms with E-state index >= 15 is 0 Å². The van der Waals surface area contributed by atoms with Gasteiger partial charge < -0.3 is 20.9 Å². The van der Waals surface area contributed by atoms with Crippen LogP contribution in [0.5, 0.6) is 0 Å². The summed E-state index contributed by atoms with van der Waals surface area (Å²) in [6.07, 6.45) is 5.92. The first kappa shape index (κ1) is 22.6. The minimum Gasteiger partial charge on any atom is -0.362 e. The molecule has 4 N–H and O–H groups in total. The molecule has 0 spiro atoms. The van der Waals surface area contributed by atoms with Crippen LogP contribution in [0.15, 0.2) is 79.0 Å². The maximum atomic E-state index is 12.7. The van der Waals surface area contributed by atoms with Crippen molar-refractivity contribution >= 4 is 28.8 Å². The Morgan fingerprint density at radius 2 is 1.80 bits per heavy atom. The molecule has 1 aliphatic rings. The van der Waals surface area contributed by atoms with Gasteiger partial charge >= 0.3 is 0 Å². The summed E-state index contributed by atoms with van der Waals surface area (Å²) in [4.78, 5) is 28.7. The summed E-state index contributed by atoms with van der Waals surface area (Å²) in [6.45, 7) is 2.09. The third kappa shape index (κ3) is 4.61. The van der Waals surface area contributed by atoms with Crippen LogP contribution in [0.2, 0.25) is 0 Å². The van der Waals surface area contributed by atoms with Crippen molar-refractivity contribution < 1.29 is 9.59 Å². The van der Waals surface area contributed by atoms with Crippen molar-refractivity contribution in [3.63, 3.8) is 0 Å². The van der Waals surface area contributed by atoms with Gasteiger partial charge in [0.05, 0.1) is 0 Å². The van der Waals surface area contributed by atoms with E-state index in [-0.39, 0.29) is 5.91 Å². The predicted octanol–water partition coefficient (Wildman–Crippen LogP) is 5.32. The molecule has 0 aliphatic carbocycles. The number of fused-ring (bicyclic) bond motifs is 1. The lowest BCUT2D eigenvalue weighted by atomic mass is 9.96. The number of allylic oxidation sites excluding steroid dienone is 1. The van der Waals surface area contributed by atoms with Crippen LogP contribution in [0.3, 0.4) is 0 Å². The molecular formula is C29H28N4O2. The molecule has 5 rings (SSSR count). The average molecular weight is 465 g/mol. The number of benzene rings is 3. The quantitative estimate of drug-likeness (QED) is 0.255. The summed E-state index contributed by atoms with van der Waals surface area (Å²) in [7, 11) is 0. The maximum absolute atomic E-state index is 12.7. The number of aldehydes is 1. The van der Waals surface area contributed by atoms with E-state index in [1.54, 1.807) is 6.20 Å². The molecule has 0 unspecified atom stereocenters. The lowest BCUT2D eigenvalue weighted by Crippen LogP contribution is -2.27. The largest absolute Gasteiger partial charge is 0.362 e. The van der Waals surface area contributed by atoms with Crippen LogP contribution in [0.25, 0.3) is 33.3 Å². The lowest BCUT2D eigenvalue weighted by molar-refractivity contribution is -0.104. The zero-order valence-electron chi connectivity index (χ0n) is 19.5. The van der Waals surface area contributed by atoms with Gasteiger partial charge in [-0.2, -0.15) is 0 Å². The van der Waals surface area contributed by atoms with Gasteiger partial charge in [0.2, 0.25) is 0 Å². The molecule has 0 saturated carbocycles. The van der Waals surface area contributed by atoms with Crippen molar-refractivity contribution in [2.45, 2.75) is 19.4 Å². The number of H-pyrrole nitrogens is 1. The number of carbonyl (C=O) groups is 2. The lowest BCUT2D eigenvalue weighted by Gasteiger charge is -2.15. The van der Waals surface area contributed by atoms with Crippen LogP contribution < -0.4 is 11.1 Å². The molecule has 1 saturated heterocycles. The highest BCUT2D eigenvalue weighted by Gasteiger charge is 2.19. The smallest absolute Gasteiger partial charge is 0.253 e. The fourth-order valence-corrected chi connectivity index (χ4v) is 4.74. The van der Waals surface area contributed by atoms with Crippen LogP contribution in [0.4, 0.5) is 5.69 Å². The Morgan fingerprint density at radius 1 is 1.00 bits per heavy atom. The number of aromatic amines is 1. The number of likely N-dealkylation sites (tertiary alicyclic amines) is 1. The van der Waals surface area contributed by atoms with Crippen LogP contribution in [-0.4, -0.2) is 35.2 Å². The standard InChI is InChI=1S/C29H28N4O2/c30-19-22-17-23(31-13-4-16-34)11-12-24(22)25-5-3-6-27-26(25)18-28(32-27)20-7-9-21(10-8-20)29(35)33-14-1-2-15-33/h3-13,16-18,31-32H,1-2,14-15,19,30H2. The van der Waals surface area contributed by atoms with E-state index in [9.17, 15) is 9.59 Å². The van der Waals surface area contributed by atoms with E-state index in [1.165, 1.54) is 6.08 Å². The summed E-state index contributed by atoms with van der Waals surface area (Å²) in [5.41, 5.74) is 13.9. The van der Waals surface area contributed by atoms with E-state index in [1.807, 2.05) is 47.4 Å². The number of hydrogen-bond donors (Lipinski definition) is 3. The van der Waals surface area contributed by atoms with E-state index in [2.05, 4.69) is 34.6 Å². The first-order valence-electron chi connectivity index (χ1n) is 11.9. The molecular weight excluding hydrogens is 436 g/mol. The Kier molecular flexibility index (Phi) is 6.46. The van der Waals surface area contributed by atoms with Crippen LogP contribution in [-0.2, 0) is 11.3 Å². The SMILES string of the molecule is NCc1cc(NC=CC=O)ccc1-c1cccc2[nH]c(-c3ccc(C(=O)N4CCCC4)cc3)cc12. The summed E-state index contributed by atoms with van der Waals surface area (Å²) < 4.78 is 0. The zero-order chi connectivity index (χ0) is 24.2. The molecule has 1 aromatic heterocycles. The summed E-state index contributed by atoms with van der Waals surface area (Å²) in [5, 5.41) is 4.20. The van der Waals surface area contributed by atoms with Crippen molar-refractivity contribution in [1.82, 2.24) is 9.88 Å². The highest BCUT2D eigenvalue weighted by molar-refractivity contribution is 5.99. The van der Waals surface area contributed by atoms with Gasteiger partial charge in [0, 0.05) is 53.7 Å². The molecule has 6 nitrogen and oxygen atoms in total. The molecule has 1 fully saturated rings. The topological polar surface area (TPSA) is 91.2 Å². The number of nitrogens with one attached hydrogen (secondary N) is 2. The molecule has 0 atom stereocenters. The molecule has 3 aromatic carbocycles. The van der Waals surface area contributed by atoms with Gasteiger partial charge in [-0.15, -0.1) is 0 Å². The number of anilines is 1. The van der Waals surface area contributed by atoms with Gasteiger partial charge in [0.25, 0.3) is 5.91 Å². The van der Waals surface area contributed by atoms with Gasteiger partial charge in [0.15, 0.2) is 0 Å². The average Bonchev–Trinajstić information content (AvgIpc) is 3.59. The molecule has 1 amide bonds. The third-order valence-corrected chi connectivity index (χ3v) is 6.54. The van der Waals surface area contributed by atoms with Crippen molar-refractivity contribution in [2.24, 2.45) is 5.73 Å². The molecule has 0 bridgehead atoms. The van der Waals surface area contributed by atoms with Gasteiger partial charge in [-0.1, -0.05) is 30.3 Å². The number of amides is 1. The zero-order valence-corrected chi connectivity index (χ0v) is 19.5. The Hall–Kier alpha value is -4.16. The minimum atomic E-state index is 0.113. The molecule has 1 aliphatic heterocycles. The second-order valence-electron chi connectivity index (χ2n) is 8.74. The molecule has 176 valence electrons. The predicted molar refractivity (Wildman–Crippen MR) is 141 cm³/mol. The van der Waals surface area contributed by atoms with E-state index in [0.29, 0.717) is 6.54 Å². The van der Waals surface area contributed by atoms with Crippen LogP contribution >= 0.6 is 0 Å². The van der Waals surface area contributed by atoms with Crippen molar-refractivity contribution in [2.75, 3.05) is 18.4 Å². The molecule has 35 heavy (non-hydrogen) atoms. The summed E-state index contributed by atoms with van der Waals surface area (Å²) in [5.74, 6) is 0.113. The summed E-state index contributed by atoms with van der Waals surface area (Å²) in [6, 6.07) is 22.2. The Labute approximate surface area is 204 Å². The van der Waals surface area contributed by atoms with Gasteiger partial charge in [-0.3, -0.25) is 9.59 Å². The minimum absolute atomic E-state index is 0.113. The molecule has 0 radical (unpaired) electrons. The second kappa shape index (κ2) is 9.99. The number of carbonyl (C=O) groups excluding carboxylic acids is 2. The Morgan fingerprint density at radius 3 is 2.54 bits per heavy atom. The van der Waals surface area contributed by atoms with Crippen molar-refractivity contribution in [1.29, 1.82) is 0 Å². The van der Waals surface area contributed by atoms with E-state index in [0.717, 1.165) is 82.3 Å². The molecule has 2 heterocycles. The fourth-order valence-electron chi connectivity index (χ4n) is 4.74. The third-order valence-electron chi connectivity index (χ3n) is 6.54. The Bertz CT molecular complexity index is 1400. The highest BCUT2D eigenvalue weighted by Crippen LogP contribution is 2.35. The van der Waals surface area contributed by atoms with Crippen LogP contribution in [0, 0.1) is 0 Å². The number of nitrogens with two attached hydrogens (primary N) is 1. The summed E-state index contributed by atoms with van der Waals surface area (Å²) >= 11 is 0. The van der Waals surface area contributed by atoms with Crippen molar-refractivity contribution in [3.8, 4) is 22.4 Å². The van der Waals surface area contributed by atoms with Gasteiger partial charge in [-0.25, -0.2) is 0 Å². The van der Waals surface area contributed by atoms with Crippen molar-refractivity contribution in [3.05, 3.63) is 90.1 Å². The number of nitrogens with zero attached hydrogens (tertiary/aromatic N) is 1. The first-order chi connectivity index (χ1) is 17.2. The van der Waals surface area contributed by atoms with E-state index < -0.39 is 0 Å².